The molecule has 3 aromatic rings. The number of anilines is 2. The summed E-state index contributed by atoms with van der Waals surface area (Å²) in [4.78, 5) is 26.5. The van der Waals surface area contributed by atoms with Gasteiger partial charge in [0, 0.05) is 11.1 Å². The van der Waals surface area contributed by atoms with Crippen LogP contribution in [0.5, 0.6) is 0 Å². The highest BCUT2D eigenvalue weighted by atomic mass is 16.1. The van der Waals surface area contributed by atoms with Gasteiger partial charge in [-0.1, -0.05) is 48.5 Å². The maximum atomic E-state index is 13.3. The van der Waals surface area contributed by atoms with Crippen LogP contribution in [0.3, 0.4) is 0 Å². The minimum atomic E-state index is -0.380. The van der Waals surface area contributed by atoms with Gasteiger partial charge in [0.05, 0.1) is 22.5 Å². The van der Waals surface area contributed by atoms with Crippen LogP contribution in [0, 0.1) is 22.7 Å². The largest absolute Gasteiger partial charge is 0.349 e. The predicted molar refractivity (Wildman–Crippen MR) is 112 cm³/mol. The van der Waals surface area contributed by atoms with E-state index in [0.717, 1.165) is 0 Å². The average Bonchev–Trinajstić information content (AvgIpc) is 2.80. The molecule has 30 heavy (non-hydrogen) atoms. The smallest absolute Gasteiger partial charge is 0.212 e. The molecule has 0 atom stereocenters. The summed E-state index contributed by atoms with van der Waals surface area (Å²) in [7, 11) is 0. The van der Waals surface area contributed by atoms with Gasteiger partial charge in [-0.15, -0.1) is 0 Å². The molecule has 0 unspecified atom stereocenters. The fraction of sp³-hybridized carbons (Fsp3) is 0. The van der Waals surface area contributed by atoms with Gasteiger partial charge in [0.1, 0.15) is 23.5 Å². The van der Waals surface area contributed by atoms with Crippen molar-refractivity contribution in [1.82, 2.24) is 0 Å². The van der Waals surface area contributed by atoms with Crippen molar-refractivity contribution in [1.29, 1.82) is 10.5 Å². The third kappa shape index (κ3) is 3.19. The number of hydrogen-bond donors (Lipinski definition) is 2. The van der Waals surface area contributed by atoms with Gasteiger partial charge in [0.15, 0.2) is 0 Å². The summed E-state index contributed by atoms with van der Waals surface area (Å²) < 4.78 is 0. The second kappa shape index (κ2) is 7.75. The third-order valence-corrected chi connectivity index (χ3v) is 4.73. The number of benzene rings is 3. The molecule has 142 valence electrons. The lowest BCUT2D eigenvalue weighted by atomic mass is 9.89. The number of Topliss-reactive ketones (excluding diaryl/α,β-unsaturated/α-hetero) is 2. The Morgan fingerprint density at radius 3 is 1.33 bits per heavy atom. The zero-order valence-corrected chi connectivity index (χ0v) is 15.6. The van der Waals surface area contributed by atoms with Crippen LogP contribution in [0.2, 0.25) is 0 Å². The van der Waals surface area contributed by atoms with Gasteiger partial charge in [-0.2, -0.15) is 10.5 Å². The Kier molecular flexibility index (Phi) is 4.82. The Bertz CT molecular complexity index is 1210. The third-order valence-electron chi connectivity index (χ3n) is 4.73. The fourth-order valence-electron chi connectivity index (χ4n) is 3.26. The van der Waals surface area contributed by atoms with E-state index in [4.69, 9.17) is 0 Å². The minimum absolute atomic E-state index is 0.0224. The lowest BCUT2D eigenvalue weighted by Crippen LogP contribution is -2.29. The van der Waals surface area contributed by atoms with Crippen LogP contribution >= 0.6 is 0 Å². The van der Waals surface area contributed by atoms with Gasteiger partial charge < -0.3 is 10.6 Å². The zero-order chi connectivity index (χ0) is 21.1. The van der Waals surface area contributed by atoms with E-state index in [9.17, 15) is 20.1 Å². The summed E-state index contributed by atoms with van der Waals surface area (Å²) in [5.41, 5.74) is 2.08. The summed E-state index contributed by atoms with van der Waals surface area (Å²) in [5.74, 6) is -0.759. The van der Waals surface area contributed by atoms with Crippen molar-refractivity contribution in [3.8, 4) is 12.1 Å². The molecule has 0 aliphatic heterocycles. The molecular weight excluding hydrogens is 376 g/mol. The summed E-state index contributed by atoms with van der Waals surface area (Å²) in [6.45, 7) is 0. The molecule has 4 rings (SSSR count). The molecule has 3 aromatic carbocycles. The number of nitriles is 2. The van der Waals surface area contributed by atoms with E-state index in [0.29, 0.717) is 22.5 Å². The molecule has 0 radical (unpaired) electrons. The first-order valence-corrected chi connectivity index (χ1v) is 9.09. The number of fused-ring (bicyclic) bond motifs is 1. The number of nitrogens with zero attached hydrogens (tertiary/aromatic N) is 2. The summed E-state index contributed by atoms with van der Waals surface area (Å²) in [6.07, 6.45) is 0. The Balaban J connectivity index is 1.88. The van der Waals surface area contributed by atoms with Crippen LogP contribution in [0.1, 0.15) is 31.8 Å². The number of rotatable bonds is 4. The van der Waals surface area contributed by atoms with Crippen molar-refractivity contribution in [3.63, 3.8) is 0 Å². The molecule has 6 heteroatoms. The Hall–Kier alpha value is -4.68. The molecule has 0 heterocycles. The number of carbonyl (C=O) groups is 2. The van der Waals surface area contributed by atoms with Crippen LogP contribution in [0.15, 0.2) is 84.2 Å². The van der Waals surface area contributed by atoms with Gasteiger partial charge >= 0.3 is 0 Å². The van der Waals surface area contributed by atoms with E-state index < -0.39 is 0 Å². The molecule has 0 saturated heterocycles. The normalized spacial score (nSPS) is 12.6. The van der Waals surface area contributed by atoms with Crippen molar-refractivity contribution in [2.75, 3.05) is 10.6 Å². The number of carbonyl (C=O) groups excluding carboxylic acids is 2. The van der Waals surface area contributed by atoms with Crippen molar-refractivity contribution in [2.45, 2.75) is 0 Å². The molecule has 0 aromatic heterocycles. The summed E-state index contributed by atoms with van der Waals surface area (Å²) in [6, 6.07) is 24.1. The van der Waals surface area contributed by atoms with Crippen molar-refractivity contribution < 1.29 is 9.59 Å². The lowest BCUT2D eigenvalue weighted by Gasteiger charge is -2.23. The van der Waals surface area contributed by atoms with Gasteiger partial charge in [0.25, 0.3) is 0 Å². The Morgan fingerprint density at radius 2 is 0.933 bits per heavy atom. The number of para-hydroxylation sites is 2. The summed E-state index contributed by atoms with van der Waals surface area (Å²) >= 11 is 0. The highest BCUT2D eigenvalue weighted by Gasteiger charge is 2.33. The highest BCUT2D eigenvalue weighted by molar-refractivity contribution is 6.28. The monoisotopic (exact) mass is 390 g/mol. The minimum Gasteiger partial charge on any atom is -0.349 e. The standard InChI is InChI=1S/C24H14N4O2/c25-13-15-7-1-5-11-19(15)27-21-22(28-20-12-6-2-8-16(20)14-26)24(30)18-10-4-3-9-17(18)23(21)29/h1-12,27-28H. The maximum absolute atomic E-state index is 13.3. The van der Waals surface area contributed by atoms with Crippen LogP contribution in [0.25, 0.3) is 0 Å². The second-order valence-electron chi connectivity index (χ2n) is 6.52. The second-order valence-corrected chi connectivity index (χ2v) is 6.52. The molecule has 0 amide bonds. The van der Waals surface area contributed by atoms with Gasteiger partial charge in [-0.3, -0.25) is 9.59 Å². The quantitative estimate of drug-likeness (QED) is 0.690. The molecule has 0 bridgehead atoms. The van der Waals surface area contributed by atoms with E-state index in [1.54, 1.807) is 72.8 Å². The van der Waals surface area contributed by atoms with Gasteiger partial charge in [-0.25, -0.2) is 0 Å². The van der Waals surface area contributed by atoms with Crippen LogP contribution in [0.4, 0.5) is 11.4 Å². The predicted octanol–water partition coefficient (Wildman–Crippen LogP) is 4.24. The first-order valence-electron chi connectivity index (χ1n) is 9.09. The van der Waals surface area contributed by atoms with Gasteiger partial charge in [0.2, 0.25) is 11.6 Å². The molecular formula is C24H14N4O2. The van der Waals surface area contributed by atoms with E-state index in [1.807, 2.05) is 0 Å². The van der Waals surface area contributed by atoms with E-state index in [1.165, 1.54) is 0 Å². The molecule has 0 saturated carbocycles. The van der Waals surface area contributed by atoms with Crippen molar-refractivity contribution >= 4 is 22.9 Å². The highest BCUT2D eigenvalue weighted by Crippen LogP contribution is 2.30. The Morgan fingerprint density at radius 1 is 0.567 bits per heavy atom. The number of allylic oxidation sites excluding steroid dienone is 2. The van der Waals surface area contributed by atoms with Crippen LogP contribution in [-0.2, 0) is 0 Å². The lowest BCUT2D eigenvalue weighted by molar-refractivity contribution is 0.0977. The molecule has 6 nitrogen and oxygen atoms in total. The molecule has 0 spiro atoms. The number of ketones is 2. The zero-order valence-electron chi connectivity index (χ0n) is 15.6. The van der Waals surface area contributed by atoms with Crippen molar-refractivity contribution in [3.05, 3.63) is 106 Å². The number of hydrogen-bond acceptors (Lipinski definition) is 6. The van der Waals surface area contributed by atoms with Crippen LogP contribution < -0.4 is 10.6 Å². The topological polar surface area (TPSA) is 106 Å². The first kappa shape index (κ1) is 18.7. The average molecular weight is 390 g/mol. The number of nitrogens with one attached hydrogen (secondary N) is 2. The van der Waals surface area contributed by atoms with Crippen molar-refractivity contribution in [2.24, 2.45) is 0 Å². The van der Waals surface area contributed by atoms with E-state index in [-0.39, 0.29) is 34.1 Å². The fourth-order valence-corrected chi connectivity index (χ4v) is 3.26. The van der Waals surface area contributed by atoms with E-state index >= 15 is 0 Å². The maximum Gasteiger partial charge on any atom is 0.212 e. The van der Waals surface area contributed by atoms with E-state index in [2.05, 4.69) is 22.8 Å². The molecule has 1 aliphatic carbocycles. The Labute approximate surface area is 172 Å². The molecule has 1 aliphatic rings. The summed E-state index contributed by atoms with van der Waals surface area (Å²) in [5, 5.41) is 24.7. The molecule has 0 fully saturated rings. The van der Waals surface area contributed by atoms with Crippen LogP contribution in [-0.4, -0.2) is 11.6 Å². The first-order chi connectivity index (χ1) is 14.6. The van der Waals surface area contributed by atoms with Gasteiger partial charge in [-0.05, 0) is 24.3 Å². The SMILES string of the molecule is N#Cc1ccccc1NC1=C(Nc2ccccc2C#N)C(=O)c2ccccc2C1=O. The molecule has 2 N–H and O–H groups in total.